The minimum Gasteiger partial charge on any atom is -0.504 e. The molecule has 5 heterocycles. The number of oxazole rings is 1. The number of hydrogen-bond acceptors (Lipinski definition) is 6. The predicted octanol–water partition coefficient (Wildman–Crippen LogP) is 4.20. The zero-order chi connectivity index (χ0) is 25.2. The van der Waals surface area contributed by atoms with Crippen molar-refractivity contribution in [3.63, 3.8) is 0 Å². The molecular weight excluding hydrogens is 478 g/mol. The normalized spacial score (nSPS) is 34.7. The van der Waals surface area contributed by atoms with Gasteiger partial charge in [0.05, 0.1) is 6.04 Å². The van der Waals surface area contributed by atoms with Gasteiger partial charge in [0.2, 0.25) is 11.8 Å². The first-order chi connectivity index (χ1) is 18.6. The van der Waals surface area contributed by atoms with E-state index in [-0.39, 0.29) is 41.1 Å². The monoisotopic (exact) mass is 511 g/mol. The van der Waals surface area contributed by atoms with E-state index in [2.05, 4.69) is 20.9 Å². The van der Waals surface area contributed by atoms with Gasteiger partial charge in [-0.25, -0.2) is 4.98 Å². The fraction of sp³-hybridized carbons (Fsp3) is 0.548. The van der Waals surface area contributed by atoms with Crippen molar-refractivity contribution in [2.24, 2.45) is 11.3 Å². The SMILES string of the molecule is O=C(Cc1nc2ccccc2o1)N1CC[C@@]23CC[C@@H]1[C@@H]1Oc4c(O)ccc5c4[C@@]12CCN(CC1CC1)[C@H]3C5. The van der Waals surface area contributed by atoms with Crippen molar-refractivity contribution in [1.29, 1.82) is 0 Å². The highest BCUT2D eigenvalue weighted by Crippen LogP contribution is 2.71. The number of likely N-dealkylation sites (tertiary alicyclic amines) is 1. The molecule has 0 unspecified atom stereocenters. The van der Waals surface area contributed by atoms with Gasteiger partial charge < -0.3 is 19.2 Å². The molecule has 5 atom stereocenters. The fourth-order valence-electron chi connectivity index (χ4n) is 9.52. The maximum absolute atomic E-state index is 13.9. The minimum atomic E-state index is -0.130. The minimum absolute atomic E-state index is 0.00381. The summed E-state index contributed by atoms with van der Waals surface area (Å²) in [7, 11) is 0. The lowest BCUT2D eigenvalue weighted by atomic mass is 9.42. The molecule has 7 heteroatoms. The van der Waals surface area contributed by atoms with E-state index in [1.807, 2.05) is 30.3 Å². The molecular formula is C31H33N3O4. The van der Waals surface area contributed by atoms with Crippen molar-refractivity contribution in [2.45, 2.75) is 75.0 Å². The smallest absolute Gasteiger partial charge is 0.232 e. The average Bonchev–Trinajstić information content (AvgIpc) is 3.60. The molecule has 2 saturated carbocycles. The standard InChI is InChI=1S/C31H33N3O4/c35-22-8-7-19-15-24-30-10-9-21(29-31(30,27(19)28(22)38-29)12-13-33(24)17-18-5-6-18)34(14-11-30)26(36)16-25-32-20-3-1-2-4-23(20)37-25/h1-4,7-8,18,21,24,29,35H,5-6,9-17H2/t21-,24+,29+,30-,31+/m1/s1. The Kier molecular flexibility index (Phi) is 4.20. The molecule has 7 nitrogen and oxygen atoms in total. The summed E-state index contributed by atoms with van der Waals surface area (Å²) in [6.07, 6.45) is 7.90. The lowest BCUT2D eigenvalue weighted by molar-refractivity contribution is -0.144. The number of carbonyl (C=O) groups excluding carboxylic acids is 1. The molecule has 2 spiro atoms. The Morgan fingerprint density at radius 2 is 1.97 bits per heavy atom. The lowest BCUT2D eigenvalue weighted by Gasteiger charge is -2.66. The number of hydrogen-bond donors (Lipinski definition) is 1. The maximum Gasteiger partial charge on any atom is 0.232 e. The van der Waals surface area contributed by atoms with Gasteiger partial charge in [-0.15, -0.1) is 0 Å². The number of aromatic nitrogens is 1. The highest BCUT2D eigenvalue weighted by molar-refractivity contribution is 5.80. The summed E-state index contributed by atoms with van der Waals surface area (Å²) < 4.78 is 12.8. The second-order valence-electron chi connectivity index (χ2n) is 12.7. The molecule has 38 heavy (non-hydrogen) atoms. The topological polar surface area (TPSA) is 79.0 Å². The Morgan fingerprint density at radius 1 is 1.08 bits per heavy atom. The van der Waals surface area contributed by atoms with Gasteiger partial charge in [-0.05, 0) is 81.2 Å². The van der Waals surface area contributed by atoms with Crippen LogP contribution in [-0.4, -0.2) is 63.6 Å². The third-order valence-electron chi connectivity index (χ3n) is 11.2. The second-order valence-corrected chi connectivity index (χ2v) is 12.7. The first kappa shape index (κ1) is 21.8. The average molecular weight is 512 g/mol. The van der Waals surface area contributed by atoms with Gasteiger partial charge in [-0.1, -0.05) is 18.2 Å². The molecule has 3 aromatic rings. The van der Waals surface area contributed by atoms with Gasteiger partial charge in [0.15, 0.2) is 17.1 Å². The van der Waals surface area contributed by atoms with Crippen LogP contribution in [0.25, 0.3) is 11.1 Å². The molecule has 3 saturated heterocycles. The Bertz CT molecular complexity index is 1460. The molecule has 1 amide bonds. The van der Waals surface area contributed by atoms with Gasteiger partial charge in [-0.3, -0.25) is 9.69 Å². The first-order valence-electron chi connectivity index (χ1n) is 14.5. The molecule has 1 aromatic heterocycles. The van der Waals surface area contributed by atoms with Gasteiger partial charge in [0, 0.05) is 35.5 Å². The number of benzene rings is 2. The highest BCUT2D eigenvalue weighted by atomic mass is 16.5. The number of piperidine rings is 1. The summed E-state index contributed by atoms with van der Waals surface area (Å²) in [6, 6.07) is 12.1. The third-order valence-corrected chi connectivity index (χ3v) is 11.2. The van der Waals surface area contributed by atoms with Crippen LogP contribution in [0.15, 0.2) is 40.8 Å². The number of rotatable bonds is 4. The van der Waals surface area contributed by atoms with Crippen molar-refractivity contribution in [3.8, 4) is 11.5 Å². The molecule has 1 N–H and O–H groups in total. The summed E-state index contributed by atoms with van der Waals surface area (Å²) in [5, 5.41) is 10.9. The van der Waals surface area contributed by atoms with E-state index < -0.39 is 0 Å². The quantitative estimate of drug-likeness (QED) is 0.566. The van der Waals surface area contributed by atoms with Crippen LogP contribution in [0.1, 0.15) is 55.5 Å². The molecule has 2 aromatic carbocycles. The zero-order valence-electron chi connectivity index (χ0n) is 21.6. The van der Waals surface area contributed by atoms with Crippen LogP contribution < -0.4 is 4.74 Å². The van der Waals surface area contributed by atoms with E-state index in [0.717, 1.165) is 62.2 Å². The number of phenols is 1. The predicted molar refractivity (Wildman–Crippen MR) is 140 cm³/mol. The number of nitrogens with zero attached hydrogens (tertiary/aromatic N) is 3. The van der Waals surface area contributed by atoms with Gasteiger partial charge in [0.1, 0.15) is 18.0 Å². The van der Waals surface area contributed by atoms with Crippen LogP contribution in [0.3, 0.4) is 0 Å². The zero-order valence-corrected chi connectivity index (χ0v) is 21.6. The second kappa shape index (κ2) is 7.32. The molecule has 0 radical (unpaired) electrons. The van der Waals surface area contributed by atoms with E-state index in [9.17, 15) is 9.90 Å². The Balaban J connectivity index is 1.13. The van der Waals surface area contributed by atoms with Gasteiger partial charge >= 0.3 is 0 Å². The number of ether oxygens (including phenoxy) is 1. The number of phenolic OH excluding ortho intramolecular Hbond substituents is 1. The molecule has 4 aliphatic heterocycles. The van der Waals surface area contributed by atoms with Crippen molar-refractivity contribution < 1.29 is 19.1 Å². The van der Waals surface area contributed by atoms with Crippen LogP contribution in [0.2, 0.25) is 0 Å². The van der Waals surface area contributed by atoms with Crippen LogP contribution in [0.5, 0.6) is 11.5 Å². The van der Waals surface area contributed by atoms with E-state index in [0.29, 0.717) is 17.7 Å². The number of para-hydroxylation sites is 2. The molecule has 3 aliphatic carbocycles. The Labute approximate surface area is 221 Å². The highest BCUT2D eigenvalue weighted by Gasteiger charge is 2.74. The van der Waals surface area contributed by atoms with E-state index in [4.69, 9.17) is 9.15 Å². The number of carbonyl (C=O) groups is 1. The summed E-state index contributed by atoms with van der Waals surface area (Å²) in [5.41, 5.74) is 4.08. The van der Waals surface area contributed by atoms with Crippen molar-refractivity contribution in [2.75, 3.05) is 19.6 Å². The summed E-state index contributed by atoms with van der Waals surface area (Å²) in [4.78, 5) is 23.4. The largest absolute Gasteiger partial charge is 0.504 e. The van der Waals surface area contributed by atoms with Crippen LogP contribution in [-0.2, 0) is 23.1 Å². The fourth-order valence-corrected chi connectivity index (χ4v) is 9.52. The summed E-state index contributed by atoms with van der Waals surface area (Å²) >= 11 is 0. The lowest BCUT2D eigenvalue weighted by Crippen LogP contribution is -2.72. The number of fused-ring (bicyclic) bond motifs is 4. The summed E-state index contributed by atoms with van der Waals surface area (Å²) in [5.74, 6) is 2.36. The first-order valence-corrected chi connectivity index (χ1v) is 14.5. The Morgan fingerprint density at radius 3 is 2.84 bits per heavy atom. The molecule has 5 fully saturated rings. The van der Waals surface area contributed by atoms with Crippen LogP contribution in [0, 0.1) is 11.3 Å². The van der Waals surface area contributed by atoms with Gasteiger partial charge in [0.25, 0.3) is 0 Å². The Hall–Kier alpha value is -3.06. The van der Waals surface area contributed by atoms with E-state index in [1.54, 1.807) is 0 Å². The summed E-state index contributed by atoms with van der Waals surface area (Å²) in [6.45, 7) is 3.04. The van der Waals surface area contributed by atoms with E-state index in [1.165, 1.54) is 30.5 Å². The maximum atomic E-state index is 13.9. The molecule has 196 valence electrons. The molecule has 10 rings (SSSR count). The van der Waals surface area contributed by atoms with Crippen molar-refractivity contribution >= 4 is 17.0 Å². The third kappa shape index (κ3) is 2.63. The van der Waals surface area contributed by atoms with Gasteiger partial charge in [-0.2, -0.15) is 0 Å². The number of amides is 1. The van der Waals surface area contributed by atoms with E-state index >= 15 is 0 Å². The van der Waals surface area contributed by atoms with Crippen LogP contribution >= 0.6 is 0 Å². The van der Waals surface area contributed by atoms with Crippen molar-refractivity contribution in [3.05, 3.63) is 53.4 Å². The molecule has 7 aliphatic rings. The molecule has 4 bridgehead atoms. The number of aromatic hydroxyl groups is 1. The van der Waals surface area contributed by atoms with Crippen molar-refractivity contribution in [1.82, 2.24) is 14.8 Å². The van der Waals surface area contributed by atoms with Crippen LogP contribution in [0.4, 0.5) is 0 Å².